The number of hydrogen-bond donors (Lipinski definition) is 1. The van der Waals surface area contributed by atoms with E-state index in [-0.39, 0.29) is 11.9 Å². The van der Waals surface area contributed by atoms with Crippen LogP contribution >= 0.6 is 11.6 Å². The Morgan fingerprint density at radius 2 is 2.05 bits per heavy atom. The van der Waals surface area contributed by atoms with E-state index in [1.54, 1.807) is 12.1 Å². The summed E-state index contributed by atoms with van der Waals surface area (Å²) in [5.41, 5.74) is 3.81. The van der Waals surface area contributed by atoms with Crippen LogP contribution < -0.4 is 5.32 Å². The SMILES string of the molecule is CCNC(Cc1cc(Cl)ccc1F)c1ncc(C)cc1C. The topological polar surface area (TPSA) is 24.9 Å². The highest BCUT2D eigenvalue weighted by atomic mass is 35.5. The predicted octanol–water partition coefficient (Wildman–Crippen LogP) is 4.38. The minimum Gasteiger partial charge on any atom is -0.309 e. The van der Waals surface area contributed by atoms with Crippen LogP contribution in [0.3, 0.4) is 0 Å². The minimum atomic E-state index is -0.230. The zero-order valence-corrected chi connectivity index (χ0v) is 13.3. The summed E-state index contributed by atoms with van der Waals surface area (Å²) in [4.78, 5) is 4.53. The Morgan fingerprint density at radius 3 is 2.71 bits per heavy atom. The van der Waals surface area contributed by atoms with E-state index in [0.717, 1.165) is 23.4 Å². The van der Waals surface area contributed by atoms with Gasteiger partial charge in [-0.25, -0.2) is 4.39 Å². The Bertz CT molecular complexity index is 628. The molecule has 1 aromatic heterocycles. The average Bonchev–Trinajstić information content (AvgIpc) is 2.42. The van der Waals surface area contributed by atoms with Crippen molar-refractivity contribution in [2.75, 3.05) is 6.54 Å². The highest BCUT2D eigenvalue weighted by Gasteiger charge is 2.17. The van der Waals surface area contributed by atoms with E-state index in [4.69, 9.17) is 11.6 Å². The van der Waals surface area contributed by atoms with Gasteiger partial charge in [-0.15, -0.1) is 0 Å². The van der Waals surface area contributed by atoms with Gasteiger partial charge < -0.3 is 5.32 Å². The van der Waals surface area contributed by atoms with E-state index in [1.165, 1.54) is 6.07 Å². The first-order valence-corrected chi connectivity index (χ1v) is 7.49. The first kappa shape index (κ1) is 15.9. The predicted molar refractivity (Wildman–Crippen MR) is 85.2 cm³/mol. The average molecular weight is 307 g/mol. The number of rotatable bonds is 5. The zero-order valence-electron chi connectivity index (χ0n) is 12.6. The molecule has 0 radical (unpaired) electrons. The van der Waals surface area contributed by atoms with Crippen molar-refractivity contribution in [1.29, 1.82) is 0 Å². The van der Waals surface area contributed by atoms with E-state index in [0.29, 0.717) is 17.0 Å². The molecule has 0 saturated carbocycles. The van der Waals surface area contributed by atoms with E-state index in [9.17, 15) is 4.39 Å². The third kappa shape index (κ3) is 4.02. The fraction of sp³-hybridized carbons (Fsp3) is 0.353. The molecule has 4 heteroatoms. The number of pyridine rings is 1. The van der Waals surface area contributed by atoms with Crippen molar-refractivity contribution < 1.29 is 4.39 Å². The quantitative estimate of drug-likeness (QED) is 0.886. The molecule has 0 aliphatic heterocycles. The maximum Gasteiger partial charge on any atom is 0.126 e. The highest BCUT2D eigenvalue weighted by Crippen LogP contribution is 2.24. The Balaban J connectivity index is 2.32. The zero-order chi connectivity index (χ0) is 15.4. The van der Waals surface area contributed by atoms with E-state index >= 15 is 0 Å². The van der Waals surface area contributed by atoms with Gasteiger partial charge in [0.25, 0.3) is 0 Å². The van der Waals surface area contributed by atoms with Crippen molar-refractivity contribution >= 4 is 11.6 Å². The van der Waals surface area contributed by atoms with Crippen LogP contribution in [0.5, 0.6) is 0 Å². The number of nitrogens with zero attached hydrogens (tertiary/aromatic N) is 1. The van der Waals surface area contributed by atoms with Crippen molar-refractivity contribution in [2.45, 2.75) is 33.2 Å². The van der Waals surface area contributed by atoms with Crippen LogP contribution in [0.1, 0.15) is 35.3 Å². The molecule has 2 aromatic rings. The molecule has 2 nitrogen and oxygen atoms in total. The fourth-order valence-electron chi connectivity index (χ4n) is 2.52. The minimum absolute atomic E-state index is 0.0245. The molecule has 0 bridgehead atoms. The van der Waals surface area contributed by atoms with E-state index < -0.39 is 0 Å². The van der Waals surface area contributed by atoms with Crippen LogP contribution in [-0.4, -0.2) is 11.5 Å². The van der Waals surface area contributed by atoms with Crippen molar-refractivity contribution in [3.05, 3.63) is 63.7 Å². The Hall–Kier alpha value is -1.45. The Kier molecular flexibility index (Phi) is 5.32. The summed E-state index contributed by atoms with van der Waals surface area (Å²) in [6.45, 7) is 6.88. The van der Waals surface area contributed by atoms with E-state index in [2.05, 4.69) is 16.4 Å². The van der Waals surface area contributed by atoms with Crippen LogP contribution in [0.15, 0.2) is 30.5 Å². The summed E-state index contributed by atoms with van der Waals surface area (Å²) in [7, 11) is 0. The second-order valence-electron chi connectivity index (χ2n) is 5.26. The van der Waals surface area contributed by atoms with Gasteiger partial charge in [0, 0.05) is 11.2 Å². The monoisotopic (exact) mass is 306 g/mol. The molecule has 0 saturated heterocycles. The molecule has 1 N–H and O–H groups in total. The maximum absolute atomic E-state index is 13.9. The number of halogens is 2. The lowest BCUT2D eigenvalue weighted by molar-refractivity contribution is 0.515. The molecule has 1 atom stereocenters. The molecule has 0 fully saturated rings. The van der Waals surface area contributed by atoms with Crippen molar-refractivity contribution in [2.24, 2.45) is 0 Å². The number of aromatic nitrogens is 1. The second kappa shape index (κ2) is 7.01. The lowest BCUT2D eigenvalue weighted by Crippen LogP contribution is -2.25. The van der Waals surface area contributed by atoms with Gasteiger partial charge in [0.1, 0.15) is 5.82 Å². The molecule has 1 heterocycles. The molecule has 0 aliphatic carbocycles. The Morgan fingerprint density at radius 1 is 1.29 bits per heavy atom. The molecule has 0 spiro atoms. The third-order valence-corrected chi connectivity index (χ3v) is 3.70. The molecule has 1 unspecified atom stereocenters. The van der Waals surface area contributed by atoms with Crippen molar-refractivity contribution in [1.82, 2.24) is 10.3 Å². The normalized spacial score (nSPS) is 12.4. The molecule has 2 rings (SSSR count). The van der Waals surface area contributed by atoms with Gasteiger partial charge in [-0.2, -0.15) is 0 Å². The second-order valence-corrected chi connectivity index (χ2v) is 5.70. The summed E-state index contributed by atoms with van der Waals surface area (Å²) < 4.78 is 13.9. The third-order valence-electron chi connectivity index (χ3n) is 3.47. The molecule has 21 heavy (non-hydrogen) atoms. The molecule has 0 aliphatic rings. The maximum atomic E-state index is 13.9. The summed E-state index contributed by atoms with van der Waals surface area (Å²) >= 11 is 5.97. The number of aryl methyl sites for hydroxylation is 2. The molecule has 1 aromatic carbocycles. The summed E-state index contributed by atoms with van der Waals surface area (Å²) in [6.07, 6.45) is 2.37. The van der Waals surface area contributed by atoms with Gasteiger partial charge in [-0.1, -0.05) is 24.6 Å². The molecule has 0 amide bonds. The largest absolute Gasteiger partial charge is 0.309 e. The first-order valence-electron chi connectivity index (χ1n) is 7.11. The summed E-state index contributed by atoms with van der Waals surface area (Å²) in [5, 5.41) is 3.93. The standard InChI is InChI=1S/C17H20ClFN2/c1-4-20-16(17-12(3)7-11(2)10-21-17)9-13-8-14(18)5-6-15(13)19/h5-8,10,16,20H,4,9H2,1-3H3. The molecular weight excluding hydrogens is 287 g/mol. The van der Waals surface area contributed by atoms with Crippen molar-refractivity contribution in [3.8, 4) is 0 Å². The van der Waals surface area contributed by atoms with Gasteiger partial charge in [-0.3, -0.25) is 4.98 Å². The number of likely N-dealkylation sites (N-methyl/N-ethyl adjacent to an activating group) is 1. The number of nitrogens with one attached hydrogen (secondary N) is 1. The molecule has 112 valence electrons. The van der Waals surface area contributed by atoms with Crippen LogP contribution in [0, 0.1) is 19.7 Å². The van der Waals surface area contributed by atoms with Gasteiger partial charge >= 0.3 is 0 Å². The van der Waals surface area contributed by atoms with Gasteiger partial charge in [0.05, 0.1) is 11.7 Å². The van der Waals surface area contributed by atoms with Crippen LogP contribution in [0.4, 0.5) is 4.39 Å². The first-order chi connectivity index (χ1) is 10.0. The van der Waals surface area contributed by atoms with Gasteiger partial charge in [-0.05, 0) is 61.7 Å². The fourth-order valence-corrected chi connectivity index (χ4v) is 2.72. The van der Waals surface area contributed by atoms with Crippen LogP contribution in [-0.2, 0) is 6.42 Å². The van der Waals surface area contributed by atoms with Crippen molar-refractivity contribution in [3.63, 3.8) is 0 Å². The molecular formula is C17H20ClFN2. The number of benzene rings is 1. The van der Waals surface area contributed by atoms with Gasteiger partial charge in [0.2, 0.25) is 0 Å². The smallest absolute Gasteiger partial charge is 0.126 e. The van der Waals surface area contributed by atoms with Crippen LogP contribution in [0.2, 0.25) is 5.02 Å². The Labute approximate surface area is 130 Å². The lowest BCUT2D eigenvalue weighted by Gasteiger charge is -2.20. The lowest BCUT2D eigenvalue weighted by atomic mass is 9.99. The van der Waals surface area contributed by atoms with Crippen LogP contribution in [0.25, 0.3) is 0 Å². The highest BCUT2D eigenvalue weighted by molar-refractivity contribution is 6.30. The summed E-state index contributed by atoms with van der Waals surface area (Å²) in [5.74, 6) is -0.230. The van der Waals surface area contributed by atoms with E-state index in [1.807, 2.05) is 27.0 Å². The number of hydrogen-bond acceptors (Lipinski definition) is 2. The van der Waals surface area contributed by atoms with Gasteiger partial charge in [0.15, 0.2) is 0 Å². The summed E-state index contributed by atoms with van der Waals surface area (Å²) in [6, 6.07) is 6.74.